The number of pyridine rings is 1. The number of nitrogens with zero attached hydrogens (tertiary/aromatic N) is 1. The van der Waals surface area contributed by atoms with Crippen molar-refractivity contribution in [3.05, 3.63) is 52.0 Å². The molecule has 0 radical (unpaired) electrons. The van der Waals surface area contributed by atoms with E-state index in [0.29, 0.717) is 29.9 Å². The van der Waals surface area contributed by atoms with Gasteiger partial charge in [-0.3, -0.25) is 4.79 Å². The average Bonchev–Trinajstić information content (AvgIpc) is 3.35. The monoisotopic (exact) mass is 414 g/mol. The molecule has 3 heterocycles. The Morgan fingerprint density at radius 1 is 1.31 bits per heavy atom. The molecule has 1 atom stereocenters. The van der Waals surface area contributed by atoms with Crippen molar-refractivity contribution in [2.75, 3.05) is 13.1 Å². The predicted molar refractivity (Wildman–Crippen MR) is 106 cm³/mol. The molecular weight excluding hydrogens is 396 g/mol. The molecule has 2 aliphatic rings. The topological polar surface area (TPSA) is 135 Å². The van der Waals surface area contributed by atoms with E-state index in [0.717, 1.165) is 12.8 Å². The summed E-state index contributed by atoms with van der Waals surface area (Å²) in [5.41, 5.74) is 1.17. The van der Waals surface area contributed by atoms with E-state index in [1.54, 1.807) is 5.01 Å². The highest BCUT2D eigenvalue weighted by Crippen LogP contribution is 2.32. The number of hydrogen-bond acceptors (Lipinski definition) is 5. The molecule has 2 aromatic heterocycles. The highest BCUT2D eigenvalue weighted by molar-refractivity contribution is 7.89. The summed E-state index contributed by atoms with van der Waals surface area (Å²) in [7, 11) is -3.86. The molecule has 1 saturated heterocycles. The van der Waals surface area contributed by atoms with Crippen LogP contribution in [0.3, 0.4) is 0 Å². The van der Waals surface area contributed by atoms with Gasteiger partial charge in [0.15, 0.2) is 0 Å². The van der Waals surface area contributed by atoms with Crippen LogP contribution in [0, 0.1) is 5.92 Å². The third kappa shape index (κ3) is 2.87. The number of aromatic amines is 2. The van der Waals surface area contributed by atoms with Gasteiger partial charge < -0.3 is 15.1 Å². The van der Waals surface area contributed by atoms with Crippen LogP contribution in [0.15, 0.2) is 45.7 Å². The van der Waals surface area contributed by atoms with Gasteiger partial charge in [-0.15, -0.1) is 4.83 Å². The summed E-state index contributed by atoms with van der Waals surface area (Å²) in [5.74, 6) is -0.802. The van der Waals surface area contributed by atoms with Gasteiger partial charge in [-0.1, -0.05) is 11.6 Å². The van der Waals surface area contributed by atoms with E-state index in [2.05, 4.69) is 20.9 Å². The molecule has 10 heteroatoms. The van der Waals surface area contributed by atoms with Gasteiger partial charge in [-0.25, -0.2) is 18.2 Å². The Kier molecular flexibility index (Phi) is 3.92. The Balaban J connectivity index is 1.59. The number of aromatic carboxylic acids is 1. The number of hydrogen-bond donors (Lipinski definition) is 4. The third-order valence-corrected chi connectivity index (χ3v) is 7.04. The zero-order chi connectivity index (χ0) is 20.3. The van der Waals surface area contributed by atoms with Crippen molar-refractivity contribution < 1.29 is 18.3 Å². The zero-order valence-corrected chi connectivity index (χ0v) is 16.0. The van der Waals surface area contributed by atoms with E-state index in [9.17, 15) is 23.1 Å². The maximum absolute atomic E-state index is 12.9. The first kappa shape index (κ1) is 18.1. The Hall–Kier alpha value is -2.95. The van der Waals surface area contributed by atoms with Crippen molar-refractivity contribution in [3.8, 4) is 0 Å². The second-order valence-electron chi connectivity index (χ2n) is 7.45. The van der Waals surface area contributed by atoms with Crippen LogP contribution >= 0.6 is 0 Å². The molecule has 0 spiro atoms. The van der Waals surface area contributed by atoms with Crippen molar-refractivity contribution in [2.45, 2.75) is 17.7 Å². The third-order valence-electron chi connectivity index (χ3n) is 5.67. The second-order valence-corrected chi connectivity index (χ2v) is 9.11. The molecule has 1 aliphatic carbocycles. The van der Waals surface area contributed by atoms with Crippen LogP contribution in [0.25, 0.3) is 21.8 Å². The lowest BCUT2D eigenvalue weighted by Gasteiger charge is -2.17. The summed E-state index contributed by atoms with van der Waals surface area (Å²) in [5, 5.41) is 11.7. The molecule has 1 unspecified atom stereocenters. The predicted octanol–water partition coefficient (Wildman–Crippen LogP) is 1.55. The fourth-order valence-electron chi connectivity index (χ4n) is 4.31. The number of hydrazine groups is 1. The molecule has 150 valence electrons. The van der Waals surface area contributed by atoms with E-state index in [1.807, 2.05) is 0 Å². The lowest BCUT2D eigenvalue weighted by atomic mass is 10.1. The van der Waals surface area contributed by atoms with Crippen LogP contribution < -0.4 is 10.4 Å². The Labute approximate surface area is 165 Å². The zero-order valence-electron chi connectivity index (χ0n) is 15.2. The molecule has 0 saturated carbocycles. The Morgan fingerprint density at radius 2 is 2.14 bits per heavy atom. The van der Waals surface area contributed by atoms with Gasteiger partial charge in [0.05, 0.1) is 10.5 Å². The van der Waals surface area contributed by atoms with Gasteiger partial charge in [0.1, 0.15) is 5.52 Å². The molecule has 0 bridgehead atoms. The molecular formula is C19H18N4O5S. The molecule has 1 aliphatic heterocycles. The number of allylic oxidation sites excluding steroid dienone is 1. The van der Waals surface area contributed by atoms with E-state index < -0.39 is 21.6 Å². The largest absolute Gasteiger partial charge is 0.478 e. The van der Waals surface area contributed by atoms with Crippen LogP contribution in [0.5, 0.6) is 0 Å². The molecule has 1 fully saturated rings. The minimum Gasteiger partial charge on any atom is -0.478 e. The van der Waals surface area contributed by atoms with E-state index >= 15 is 0 Å². The summed E-state index contributed by atoms with van der Waals surface area (Å²) in [6.45, 7) is 1.20. The smallest absolute Gasteiger partial charge is 0.337 e. The number of sulfonamides is 1. The number of aromatic nitrogens is 2. The number of H-pyrrole nitrogens is 2. The number of rotatable bonds is 4. The summed E-state index contributed by atoms with van der Waals surface area (Å²) in [6.07, 6.45) is 5.49. The second kappa shape index (κ2) is 6.28. The van der Waals surface area contributed by atoms with Gasteiger partial charge in [0, 0.05) is 35.6 Å². The molecule has 5 rings (SSSR count). The number of nitrogens with one attached hydrogen (secondary N) is 3. The van der Waals surface area contributed by atoms with Crippen LogP contribution in [0.2, 0.25) is 0 Å². The fraction of sp³-hybridized carbons (Fsp3) is 0.263. The van der Waals surface area contributed by atoms with E-state index in [4.69, 9.17) is 0 Å². The maximum Gasteiger partial charge on any atom is 0.337 e. The van der Waals surface area contributed by atoms with E-state index in [1.165, 1.54) is 30.0 Å². The van der Waals surface area contributed by atoms with Gasteiger partial charge in [0.2, 0.25) is 0 Å². The Bertz CT molecular complexity index is 1370. The van der Waals surface area contributed by atoms with Gasteiger partial charge in [0.25, 0.3) is 15.6 Å². The lowest BCUT2D eigenvalue weighted by molar-refractivity contribution is 0.0699. The fourth-order valence-corrected chi connectivity index (χ4v) is 5.41. The summed E-state index contributed by atoms with van der Waals surface area (Å²) >= 11 is 0. The molecule has 4 N–H and O–H groups in total. The first-order valence-electron chi connectivity index (χ1n) is 9.20. The minimum atomic E-state index is -3.86. The van der Waals surface area contributed by atoms with Gasteiger partial charge >= 0.3 is 5.97 Å². The van der Waals surface area contributed by atoms with Crippen LogP contribution in [0.1, 0.15) is 23.2 Å². The number of carbonyl (C=O) groups is 1. The normalized spacial score (nSPS) is 19.7. The van der Waals surface area contributed by atoms with Crippen molar-refractivity contribution in [1.29, 1.82) is 0 Å². The molecule has 29 heavy (non-hydrogen) atoms. The quantitative estimate of drug-likeness (QED) is 0.479. The molecule has 9 nitrogen and oxygen atoms in total. The number of fused-ring (bicyclic) bond motifs is 4. The highest BCUT2D eigenvalue weighted by atomic mass is 32.2. The minimum absolute atomic E-state index is 0.00178. The lowest BCUT2D eigenvalue weighted by Crippen LogP contribution is -2.40. The van der Waals surface area contributed by atoms with Crippen LogP contribution in [-0.4, -0.2) is 47.6 Å². The summed E-state index contributed by atoms with van der Waals surface area (Å²) < 4.78 is 25.9. The molecule has 3 aromatic rings. The average molecular weight is 414 g/mol. The standard InChI is InChI=1S/C19H18N4O5S/c24-18-17-16(14(7-20-17)19(25)26)13-6-12(4-5-15(13)21-18)29(27,28)22-23-8-10-2-1-3-11(10)9-23/h2,4-7,11,20,22H,1,3,8-9H2,(H,21,24)(H,25,26). The van der Waals surface area contributed by atoms with Gasteiger partial charge in [-0.05, 0) is 37.0 Å². The summed E-state index contributed by atoms with van der Waals surface area (Å²) in [6, 6.07) is 4.27. The molecule has 1 aromatic carbocycles. The first-order valence-corrected chi connectivity index (χ1v) is 10.7. The maximum atomic E-state index is 12.9. The van der Waals surface area contributed by atoms with Gasteiger partial charge in [-0.2, -0.15) is 0 Å². The first-order chi connectivity index (χ1) is 13.8. The highest BCUT2D eigenvalue weighted by Gasteiger charge is 2.32. The number of benzene rings is 1. The van der Waals surface area contributed by atoms with Crippen molar-refractivity contribution in [1.82, 2.24) is 19.8 Å². The van der Waals surface area contributed by atoms with Crippen LogP contribution in [-0.2, 0) is 10.0 Å². The van der Waals surface area contributed by atoms with E-state index in [-0.39, 0.29) is 21.4 Å². The summed E-state index contributed by atoms with van der Waals surface area (Å²) in [4.78, 5) is 31.7. The SMILES string of the molecule is O=C(O)c1c[nH]c2c(=O)[nH]c3ccc(S(=O)(=O)NN4CC5=CCCC5C4)cc3c12. The number of carboxylic acids is 1. The van der Waals surface area contributed by atoms with Crippen molar-refractivity contribution >= 4 is 37.8 Å². The van der Waals surface area contributed by atoms with Crippen molar-refractivity contribution in [2.24, 2.45) is 5.92 Å². The molecule has 0 amide bonds. The Morgan fingerprint density at radius 3 is 2.90 bits per heavy atom. The number of carboxylic acid groups (broad SMARTS) is 1. The van der Waals surface area contributed by atoms with Crippen molar-refractivity contribution in [3.63, 3.8) is 0 Å². The van der Waals surface area contributed by atoms with Crippen LogP contribution in [0.4, 0.5) is 0 Å².